The first kappa shape index (κ1) is 12.9. The third-order valence-corrected chi connectivity index (χ3v) is 4.28. The number of hydrogen-bond donors (Lipinski definition) is 2. The molecule has 5 heteroatoms. The Morgan fingerprint density at radius 2 is 2.00 bits per heavy atom. The molecule has 3 N–H and O–H groups in total. The van der Waals surface area contributed by atoms with Crippen LogP contribution in [0.2, 0.25) is 0 Å². The van der Waals surface area contributed by atoms with Crippen LogP contribution in [0.5, 0.6) is 0 Å². The molecule has 0 fully saturated rings. The van der Waals surface area contributed by atoms with Crippen LogP contribution in [0, 0.1) is 5.82 Å². The zero-order valence-electron chi connectivity index (χ0n) is 11.7. The van der Waals surface area contributed by atoms with Gasteiger partial charge < -0.3 is 15.6 Å². The first-order valence-electron chi connectivity index (χ1n) is 7.06. The number of para-hydroxylation sites is 1. The molecule has 0 saturated carbocycles. The number of hydrogen-bond acceptors (Lipinski definition) is 1. The Balaban J connectivity index is 1.95. The number of aromatic amines is 1. The second-order valence-electron chi connectivity index (χ2n) is 5.47. The van der Waals surface area contributed by atoms with E-state index in [1.165, 1.54) is 6.07 Å². The second-order valence-corrected chi connectivity index (χ2v) is 5.47. The molecule has 1 unspecified atom stereocenters. The maximum atomic E-state index is 13.9. The summed E-state index contributed by atoms with van der Waals surface area (Å²) in [4.78, 5) is 16.4. The van der Waals surface area contributed by atoms with Crippen molar-refractivity contribution in [2.75, 3.05) is 0 Å². The number of carbonyl (C=O) groups is 1. The molecule has 0 aliphatic carbocycles. The number of benzene rings is 2. The van der Waals surface area contributed by atoms with Crippen LogP contribution in [0.15, 0.2) is 48.7 Å². The molecule has 3 aromatic rings. The van der Waals surface area contributed by atoms with E-state index in [9.17, 15) is 9.18 Å². The highest BCUT2D eigenvalue weighted by Gasteiger charge is 2.34. The van der Waals surface area contributed by atoms with E-state index in [2.05, 4.69) is 4.98 Å². The molecular formula is C17H14FN3O. The van der Waals surface area contributed by atoms with Gasteiger partial charge in [-0.05, 0) is 17.2 Å². The number of halogens is 1. The molecular weight excluding hydrogens is 281 g/mol. The molecule has 0 spiro atoms. The second kappa shape index (κ2) is 4.59. The van der Waals surface area contributed by atoms with Gasteiger partial charge in [-0.1, -0.05) is 36.4 Å². The highest BCUT2D eigenvalue weighted by atomic mass is 19.1. The van der Waals surface area contributed by atoms with Crippen LogP contribution in [-0.2, 0) is 6.54 Å². The van der Waals surface area contributed by atoms with Gasteiger partial charge in [0, 0.05) is 23.7 Å². The molecule has 110 valence electrons. The number of nitrogens with two attached hydrogens (primary N) is 1. The predicted octanol–water partition coefficient (Wildman–Crippen LogP) is 3.29. The van der Waals surface area contributed by atoms with E-state index in [0.717, 1.165) is 22.1 Å². The molecule has 1 aromatic heterocycles. The molecule has 2 amide bonds. The van der Waals surface area contributed by atoms with Crippen molar-refractivity contribution in [2.24, 2.45) is 5.73 Å². The van der Waals surface area contributed by atoms with Gasteiger partial charge in [-0.15, -0.1) is 0 Å². The number of rotatable bonds is 1. The van der Waals surface area contributed by atoms with E-state index in [0.29, 0.717) is 12.1 Å². The minimum atomic E-state index is -0.480. The largest absolute Gasteiger partial charge is 0.358 e. The van der Waals surface area contributed by atoms with Gasteiger partial charge in [-0.25, -0.2) is 9.18 Å². The van der Waals surface area contributed by atoms with Crippen molar-refractivity contribution in [3.05, 3.63) is 71.2 Å². The van der Waals surface area contributed by atoms with Gasteiger partial charge in [0.05, 0.1) is 11.6 Å². The standard InChI is InChI=1S/C17H14FN3O/c18-14-7-3-6-12-13(8-20-15(12)14)16-11-5-2-1-4-10(11)9-21(16)17(19)22/h1-8,16,20H,9H2,(H2,19,22). The Morgan fingerprint density at radius 1 is 1.18 bits per heavy atom. The third kappa shape index (κ3) is 1.72. The lowest BCUT2D eigenvalue weighted by Gasteiger charge is -2.23. The predicted molar refractivity (Wildman–Crippen MR) is 81.7 cm³/mol. The SMILES string of the molecule is NC(=O)N1Cc2ccccc2C1c1c[nH]c2c(F)cccc12. The zero-order valence-corrected chi connectivity index (χ0v) is 11.7. The monoisotopic (exact) mass is 295 g/mol. The van der Waals surface area contributed by atoms with Gasteiger partial charge in [0.1, 0.15) is 5.82 Å². The minimum Gasteiger partial charge on any atom is -0.358 e. The van der Waals surface area contributed by atoms with Crippen LogP contribution in [0.1, 0.15) is 22.7 Å². The number of nitrogens with zero attached hydrogens (tertiary/aromatic N) is 1. The van der Waals surface area contributed by atoms with E-state index < -0.39 is 6.03 Å². The number of amides is 2. The van der Waals surface area contributed by atoms with Crippen LogP contribution in [0.3, 0.4) is 0 Å². The quantitative estimate of drug-likeness (QED) is 0.711. The van der Waals surface area contributed by atoms with E-state index in [4.69, 9.17) is 5.73 Å². The molecule has 1 aliphatic heterocycles. The summed E-state index contributed by atoms with van der Waals surface area (Å²) >= 11 is 0. The van der Waals surface area contributed by atoms with Crippen LogP contribution >= 0.6 is 0 Å². The van der Waals surface area contributed by atoms with Crippen molar-refractivity contribution >= 4 is 16.9 Å². The normalized spacial score (nSPS) is 17.0. The lowest BCUT2D eigenvalue weighted by Crippen LogP contribution is -2.34. The first-order valence-corrected chi connectivity index (χ1v) is 7.06. The van der Waals surface area contributed by atoms with Gasteiger partial charge in [-0.3, -0.25) is 0 Å². The Hall–Kier alpha value is -2.82. The van der Waals surface area contributed by atoms with E-state index in [1.807, 2.05) is 30.3 Å². The number of urea groups is 1. The minimum absolute atomic E-state index is 0.288. The molecule has 4 rings (SSSR count). The van der Waals surface area contributed by atoms with Crippen LogP contribution in [0.25, 0.3) is 10.9 Å². The summed E-state index contributed by atoms with van der Waals surface area (Å²) in [5.74, 6) is -0.305. The summed E-state index contributed by atoms with van der Waals surface area (Å²) in [6, 6.07) is 12.0. The van der Waals surface area contributed by atoms with Gasteiger partial charge in [0.15, 0.2) is 0 Å². The molecule has 0 radical (unpaired) electrons. The van der Waals surface area contributed by atoms with Gasteiger partial charge >= 0.3 is 6.03 Å². The topological polar surface area (TPSA) is 62.1 Å². The van der Waals surface area contributed by atoms with Gasteiger partial charge in [-0.2, -0.15) is 0 Å². The number of carbonyl (C=O) groups excluding carboxylic acids is 1. The van der Waals surface area contributed by atoms with Crippen LogP contribution in [-0.4, -0.2) is 15.9 Å². The maximum Gasteiger partial charge on any atom is 0.315 e. The smallest absolute Gasteiger partial charge is 0.315 e. The van der Waals surface area contributed by atoms with Crippen molar-refractivity contribution in [3.63, 3.8) is 0 Å². The van der Waals surface area contributed by atoms with E-state index in [1.54, 1.807) is 17.2 Å². The summed E-state index contributed by atoms with van der Waals surface area (Å²) < 4.78 is 13.9. The summed E-state index contributed by atoms with van der Waals surface area (Å²) in [7, 11) is 0. The van der Waals surface area contributed by atoms with Crippen molar-refractivity contribution in [2.45, 2.75) is 12.6 Å². The molecule has 0 saturated heterocycles. The highest BCUT2D eigenvalue weighted by Crippen LogP contribution is 2.41. The van der Waals surface area contributed by atoms with Gasteiger partial charge in [0.25, 0.3) is 0 Å². The zero-order chi connectivity index (χ0) is 15.3. The van der Waals surface area contributed by atoms with Gasteiger partial charge in [0.2, 0.25) is 0 Å². The lowest BCUT2D eigenvalue weighted by molar-refractivity contribution is 0.199. The average molecular weight is 295 g/mol. The summed E-state index contributed by atoms with van der Waals surface area (Å²) in [5, 5.41) is 0.771. The summed E-state index contributed by atoms with van der Waals surface area (Å²) in [6.45, 7) is 0.470. The average Bonchev–Trinajstić information content (AvgIpc) is 3.08. The highest BCUT2D eigenvalue weighted by molar-refractivity contribution is 5.86. The maximum absolute atomic E-state index is 13.9. The fraction of sp³-hybridized carbons (Fsp3) is 0.118. The molecule has 0 bridgehead atoms. The van der Waals surface area contributed by atoms with Crippen molar-refractivity contribution < 1.29 is 9.18 Å². The summed E-state index contributed by atoms with van der Waals surface area (Å²) in [6.07, 6.45) is 1.76. The number of fused-ring (bicyclic) bond motifs is 2. The fourth-order valence-electron chi connectivity index (χ4n) is 3.29. The fourth-order valence-corrected chi connectivity index (χ4v) is 3.29. The van der Waals surface area contributed by atoms with Crippen molar-refractivity contribution in [1.29, 1.82) is 0 Å². The molecule has 1 atom stereocenters. The molecule has 2 heterocycles. The Kier molecular flexibility index (Phi) is 2.69. The molecule has 2 aromatic carbocycles. The molecule has 22 heavy (non-hydrogen) atoms. The van der Waals surface area contributed by atoms with E-state index >= 15 is 0 Å². The Morgan fingerprint density at radius 3 is 2.82 bits per heavy atom. The van der Waals surface area contributed by atoms with Crippen LogP contribution < -0.4 is 5.73 Å². The lowest BCUT2D eigenvalue weighted by atomic mass is 9.97. The van der Waals surface area contributed by atoms with Crippen LogP contribution in [0.4, 0.5) is 9.18 Å². The van der Waals surface area contributed by atoms with E-state index in [-0.39, 0.29) is 11.9 Å². The number of nitrogens with one attached hydrogen (secondary N) is 1. The number of primary amides is 1. The molecule has 4 nitrogen and oxygen atoms in total. The number of H-pyrrole nitrogens is 1. The third-order valence-electron chi connectivity index (χ3n) is 4.28. The molecule has 1 aliphatic rings. The Labute approximate surface area is 126 Å². The number of aromatic nitrogens is 1. The summed E-state index contributed by atoms with van der Waals surface area (Å²) in [5.41, 5.74) is 8.96. The first-order chi connectivity index (χ1) is 10.7. The van der Waals surface area contributed by atoms with Crippen molar-refractivity contribution in [3.8, 4) is 0 Å². The Bertz CT molecular complexity index is 886. The van der Waals surface area contributed by atoms with Crippen molar-refractivity contribution in [1.82, 2.24) is 9.88 Å².